The summed E-state index contributed by atoms with van der Waals surface area (Å²) < 4.78 is 11.4. The molecule has 0 aromatic heterocycles. The number of benzene rings is 3. The zero-order valence-corrected chi connectivity index (χ0v) is 17.8. The fourth-order valence-electron chi connectivity index (χ4n) is 2.59. The molecule has 0 aliphatic heterocycles. The minimum atomic E-state index is -0.511. The Morgan fingerprint density at radius 3 is 2.47 bits per heavy atom. The summed E-state index contributed by atoms with van der Waals surface area (Å²) in [5.74, 6) is 0.210. The highest BCUT2D eigenvalue weighted by molar-refractivity contribution is 9.10. The minimum absolute atomic E-state index is 0.218. The van der Waals surface area contributed by atoms with Crippen LogP contribution in [-0.2, 0) is 11.2 Å². The van der Waals surface area contributed by atoms with Crippen LogP contribution in [0.2, 0.25) is 0 Å². The summed E-state index contributed by atoms with van der Waals surface area (Å²) >= 11 is 3.39. The van der Waals surface area contributed by atoms with Crippen molar-refractivity contribution in [2.24, 2.45) is 5.10 Å². The van der Waals surface area contributed by atoms with Crippen LogP contribution in [0, 0.1) is 0 Å². The van der Waals surface area contributed by atoms with Crippen molar-refractivity contribution in [1.29, 1.82) is 0 Å². The zero-order valence-electron chi connectivity index (χ0n) is 16.2. The van der Waals surface area contributed by atoms with Gasteiger partial charge in [0.05, 0.1) is 25.3 Å². The number of carbonyl (C=O) groups is 2. The maximum atomic E-state index is 12.4. The van der Waals surface area contributed by atoms with Gasteiger partial charge >= 0.3 is 5.97 Å². The summed E-state index contributed by atoms with van der Waals surface area (Å²) in [6.07, 6.45) is 1.65. The van der Waals surface area contributed by atoms with Crippen molar-refractivity contribution in [2.45, 2.75) is 6.42 Å². The Hall–Kier alpha value is -3.45. The van der Waals surface area contributed by atoms with E-state index in [1.54, 1.807) is 49.6 Å². The lowest BCUT2D eigenvalue weighted by atomic mass is 10.1. The summed E-state index contributed by atoms with van der Waals surface area (Å²) in [7, 11) is 1.55. The molecule has 0 saturated heterocycles. The molecule has 0 aliphatic rings. The molecule has 30 heavy (non-hydrogen) atoms. The third kappa shape index (κ3) is 6.02. The van der Waals surface area contributed by atoms with Crippen LogP contribution in [0.15, 0.2) is 82.4 Å². The predicted octanol–water partition coefficient (Wildman–Crippen LogP) is 4.37. The number of carbonyl (C=O) groups excluding carboxylic acids is 2. The first-order valence-corrected chi connectivity index (χ1v) is 9.86. The second-order valence-electron chi connectivity index (χ2n) is 6.26. The Morgan fingerprint density at radius 1 is 1.03 bits per heavy atom. The summed E-state index contributed by atoms with van der Waals surface area (Å²) in [4.78, 5) is 24.5. The topological polar surface area (TPSA) is 77.0 Å². The van der Waals surface area contributed by atoms with Crippen molar-refractivity contribution in [3.8, 4) is 11.5 Å². The van der Waals surface area contributed by atoms with Gasteiger partial charge in [-0.05, 0) is 48.0 Å². The van der Waals surface area contributed by atoms with Gasteiger partial charge in [-0.25, -0.2) is 10.2 Å². The summed E-state index contributed by atoms with van der Waals surface area (Å²) in [5.41, 5.74) is 4.30. The van der Waals surface area contributed by atoms with E-state index in [0.717, 1.165) is 10.0 Å². The molecule has 0 bridgehead atoms. The number of nitrogens with one attached hydrogen (secondary N) is 1. The lowest BCUT2D eigenvalue weighted by Gasteiger charge is -2.08. The van der Waals surface area contributed by atoms with Crippen LogP contribution < -0.4 is 14.9 Å². The molecule has 3 rings (SSSR count). The molecule has 0 unspecified atom stereocenters. The quantitative estimate of drug-likeness (QED) is 0.242. The summed E-state index contributed by atoms with van der Waals surface area (Å²) in [6, 6.07) is 21.1. The maximum Gasteiger partial charge on any atom is 0.343 e. The van der Waals surface area contributed by atoms with E-state index in [1.165, 1.54) is 6.21 Å². The van der Waals surface area contributed by atoms with E-state index in [2.05, 4.69) is 26.5 Å². The van der Waals surface area contributed by atoms with Gasteiger partial charge in [0.25, 0.3) is 0 Å². The Balaban J connectivity index is 1.67. The second kappa shape index (κ2) is 10.4. The van der Waals surface area contributed by atoms with Crippen LogP contribution in [0.25, 0.3) is 0 Å². The van der Waals surface area contributed by atoms with Crippen LogP contribution in [0.4, 0.5) is 0 Å². The van der Waals surface area contributed by atoms with Crippen molar-refractivity contribution < 1.29 is 19.1 Å². The molecule has 1 N–H and O–H groups in total. The van der Waals surface area contributed by atoms with Crippen LogP contribution in [-0.4, -0.2) is 25.2 Å². The molecule has 7 heteroatoms. The average Bonchev–Trinajstić information content (AvgIpc) is 2.76. The van der Waals surface area contributed by atoms with Crippen LogP contribution >= 0.6 is 15.9 Å². The highest BCUT2D eigenvalue weighted by atomic mass is 79.9. The molecule has 0 saturated carbocycles. The third-order valence-corrected chi connectivity index (χ3v) is 4.59. The molecule has 3 aromatic rings. The molecule has 3 aromatic carbocycles. The van der Waals surface area contributed by atoms with Gasteiger partial charge in [-0.2, -0.15) is 5.10 Å². The number of halogens is 1. The highest BCUT2D eigenvalue weighted by Gasteiger charge is 2.12. The number of amides is 1. The van der Waals surface area contributed by atoms with Crippen LogP contribution in [0.3, 0.4) is 0 Å². The summed E-state index contributed by atoms with van der Waals surface area (Å²) in [6.45, 7) is 0. The van der Waals surface area contributed by atoms with Gasteiger partial charge in [0.2, 0.25) is 5.91 Å². The standard InChI is InChI=1S/C23H19BrN2O4/c1-29-20-10-7-17(8-11-20)23(28)30-21-12-9-19(24)14-18(21)15-25-26-22(27)13-16-5-3-2-4-6-16/h2-12,14-15H,13H2,1H3,(H,26,27). The molecular weight excluding hydrogens is 448 g/mol. The lowest BCUT2D eigenvalue weighted by molar-refractivity contribution is -0.120. The van der Waals surface area contributed by atoms with Gasteiger partial charge in [-0.15, -0.1) is 0 Å². The Kier molecular flexibility index (Phi) is 7.34. The van der Waals surface area contributed by atoms with Gasteiger partial charge in [0.1, 0.15) is 11.5 Å². The van der Waals surface area contributed by atoms with Gasteiger partial charge in [0.15, 0.2) is 0 Å². The Morgan fingerprint density at radius 2 is 1.77 bits per heavy atom. The Bertz CT molecular complexity index is 1050. The number of rotatable bonds is 7. The first-order valence-electron chi connectivity index (χ1n) is 9.07. The molecule has 0 spiro atoms. The monoisotopic (exact) mass is 466 g/mol. The SMILES string of the molecule is COc1ccc(C(=O)Oc2ccc(Br)cc2C=NNC(=O)Cc2ccccc2)cc1. The normalized spacial score (nSPS) is 10.6. The van der Waals surface area contributed by atoms with E-state index < -0.39 is 5.97 Å². The molecule has 0 atom stereocenters. The van der Waals surface area contributed by atoms with E-state index in [9.17, 15) is 9.59 Å². The number of nitrogens with zero attached hydrogens (tertiary/aromatic N) is 1. The molecular formula is C23H19BrN2O4. The molecule has 0 heterocycles. The van der Waals surface area contributed by atoms with Crippen molar-refractivity contribution in [3.05, 3.63) is 94.0 Å². The van der Waals surface area contributed by atoms with Gasteiger partial charge in [0, 0.05) is 10.0 Å². The van der Waals surface area contributed by atoms with E-state index >= 15 is 0 Å². The van der Waals surface area contributed by atoms with E-state index in [-0.39, 0.29) is 12.3 Å². The van der Waals surface area contributed by atoms with Crippen LogP contribution in [0.1, 0.15) is 21.5 Å². The fourth-order valence-corrected chi connectivity index (χ4v) is 2.97. The smallest absolute Gasteiger partial charge is 0.343 e. The first-order chi connectivity index (χ1) is 14.5. The van der Waals surface area contributed by atoms with Gasteiger partial charge < -0.3 is 9.47 Å². The predicted molar refractivity (Wildman–Crippen MR) is 118 cm³/mol. The van der Waals surface area contributed by atoms with Crippen LogP contribution in [0.5, 0.6) is 11.5 Å². The van der Waals surface area contributed by atoms with Gasteiger partial charge in [-0.3, -0.25) is 4.79 Å². The van der Waals surface area contributed by atoms with Crippen molar-refractivity contribution in [1.82, 2.24) is 5.43 Å². The number of hydrogen-bond acceptors (Lipinski definition) is 5. The molecule has 152 valence electrons. The molecule has 6 nitrogen and oxygen atoms in total. The highest BCUT2D eigenvalue weighted by Crippen LogP contribution is 2.23. The van der Waals surface area contributed by atoms with E-state index in [1.807, 2.05) is 30.3 Å². The number of ether oxygens (including phenoxy) is 2. The molecule has 0 radical (unpaired) electrons. The summed E-state index contributed by atoms with van der Waals surface area (Å²) in [5, 5.41) is 3.99. The lowest BCUT2D eigenvalue weighted by Crippen LogP contribution is -2.19. The largest absolute Gasteiger partial charge is 0.497 e. The van der Waals surface area contributed by atoms with E-state index in [0.29, 0.717) is 22.6 Å². The number of hydrogen-bond donors (Lipinski definition) is 1. The zero-order chi connectivity index (χ0) is 21.3. The fraction of sp³-hybridized carbons (Fsp3) is 0.0870. The molecule has 0 aliphatic carbocycles. The van der Waals surface area contributed by atoms with Crippen molar-refractivity contribution >= 4 is 34.0 Å². The average molecular weight is 467 g/mol. The molecule has 1 amide bonds. The number of methoxy groups -OCH3 is 1. The third-order valence-electron chi connectivity index (χ3n) is 4.10. The molecule has 0 fully saturated rings. The van der Waals surface area contributed by atoms with Crippen molar-refractivity contribution in [3.63, 3.8) is 0 Å². The second-order valence-corrected chi connectivity index (χ2v) is 7.17. The van der Waals surface area contributed by atoms with Crippen molar-refractivity contribution in [2.75, 3.05) is 7.11 Å². The maximum absolute atomic E-state index is 12.4. The van der Waals surface area contributed by atoms with E-state index in [4.69, 9.17) is 9.47 Å². The Labute approximate surface area is 182 Å². The van der Waals surface area contributed by atoms with Gasteiger partial charge in [-0.1, -0.05) is 46.3 Å². The number of hydrazone groups is 1. The number of esters is 1. The minimum Gasteiger partial charge on any atom is -0.497 e. The first kappa shape index (κ1) is 21.3.